The SMILES string of the molecule is CC/C=C\C/C=C\C/C=C\C/C=C\C/C=C\C/C=C\CCCCC(=O)NC(COC1OC(CO)C(OC2OC(CO)C(O)C(O)C2O)C(O)C1O)C(O)CCCCCCCCC. The first-order valence-electron chi connectivity index (χ1n) is 23.2. The molecule has 2 fully saturated rings. The van der Waals surface area contributed by atoms with Crippen molar-refractivity contribution >= 4 is 5.91 Å². The van der Waals surface area contributed by atoms with Gasteiger partial charge in [0.15, 0.2) is 12.6 Å². The van der Waals surface area contributed by atoms with Gasteiger partial charge in [-0.3, -0.25) is 4.79 Å². The Kier molecular flexibility index (Phi) is 31.2. The van der Waals surface area contributed by atoms with E-state index >= 15 is 0 Å². The number of rotatable bonds is 33. The number of nitrogens with one attached hydrogen (secondary N) is 1. The van der Waals surface area contributed by atoms with Gasteiger partial charge in [-0.15, -0.1) is 0 Å². The van der Waals surface area contributed by atoms with Crippen LogP contribution in [0.15, 0.2) is 72.9 Å². The van der Waals surface area contributed by atoms with E-state index in [0.717, 1.165) is 83.5 Å². The summed E-state index contributed by atoms with van der Waals surface area (Å²) in [6, 6.07) is -0.852. The van der Waals surface area contributed by atoms with E-state index in [1.54, 1.807) is 0 Å². The summed E-state index contributed by atoms with van der Waals surface area (Å²) in [7, 11) is 0. The third-order valence-electron chi connectivity index (χ3n) is 10.9. The molecule has 0 spiro atoms. The Morgan fingerprint density at radius 1 is 0.597 bits per heavy atom. The lowest BCUT2D eigenvalue weighted by atomic mass is 9.97. The summed E-state index contributed by atoms with van der Waals surface area (Å²) in [4.78, 5) is 13.1. The number of carbonyl (C=O) groups excluding carboxylic acids is 1. The Balaban J connectivity index is 1.82. The fourth-order valence-corrected chi connectivity index (χ4v) is 7.12. The largest absolute Gasteiger partial charge is 0.394 e. The normalized spacial score (nSPS) is 28.4. The first-order chi connectivity index (χ1) is 30.1. The van der Waals surface area contributed by atoms with Crippen LogP contribution in [0.4, 0.5) is 0 Å². The number of aliphatic hydroxyl groups excluding tert-OH is 8. The standard InChI is InChI=1S/C48H81NO13/c1-3-5-7-9-11-12-13-14-15-16-17-18-19-20-21-22-23-24-26-28-30-32-40(53)49-36(37(52)31-29-27-25-10-8-6-4-2)35-59-47-45(58)43(56)46(39(34-51)61-47)62-48-44(57)42(55)41(54)38(33-50)60-48/h5,7,11-12,14-15,17-18,20-21,23-24,36-39,41-48,50-52,54-58H,3-4,6,8-10,13,16,19,22,25-35H2,1-2H3,(H,49,53)/b7-5-,12-11-,15-14-,18-17-,21-20-,24-23-. The maximum Gasteiger partial charge on any atom is 0.220 e. The van der Waals surface area contributed by atoms with E-state index < -0.39 is 86.8 Å². The molecule has 0 aromatic heterocycles. The van der Waals surface area contributed by atoms with Gasteiger partial charge in [0.25, 0.3) is 0 Å². The average molecular weight is 880 g/mol. The topological polar surface area (TPSA) is 228 Å². The average Bonchev–Trinajstić information content (AvgIpc) is 3.27. The third kappa shape index (κ3) is 22.4. The minimum atomic E-state index is -1.79. The molecule has 0 saturated carbocycles. The van der Waals surface area contributed by atoms with Gasteiger partial charge in [-0.1, -0.05) is 132 Å². The van der Waals surface area contributed by atoms with Gasteiger partial charge >= 0.3 is 0 Å². The highest BCUT2D eigenvalue weighted by molar-refractivity contribution is 5.76. The van der Waals surface area contributed by atoms with Gasteiger partial charge in [-0.05, 0) is 64.2 Å². The number of hydrogen-bond acceptors (Lipinski definition) is 13. The van der Waals surface area contributed by atoms with Crippen LogP contribution in [0.2, 0.25) is 0 Å². The third-order valence-corrected chi connectivity index (χ3v) is 10.9. The summed E-state index contributed by atoms with van der Waals surface area (Å²) in [6.45, 7) is 2.61. The van der Waals surface area contributed by atoms with Gasteiger partial charge in [0, 0.05) is 6.42 Å². The van der Waals surface area contributed by atoms with Gasteiger partial charge in [0.05, 0.1) is 32.0 Å². The molecule has 0 aromatic rings. The Hall–Kier alpha value is -2.57. The van der Waals surface area contributed by atoms with Gasteiger partial charge in [-0.25, -0.2) is 0 Å². The maximum absolute atomic E-state index is 13.1. The summed E-state index contributed by atoms with van der Waals surface area (Å²) < 4.78 is 22.6. The molecule has 12 atom stereocenters. The van der Waals surface area contributed by atoms with Crippen LogP contribution in [-0.4, -0.2) is 140 Å². The highest BCUT2D eigenvalue weighted by Crippen LogP contribution is 2.30. The molecule has 62 heavy (non-hydrogen) atoms. The number of amides is 1. The predicted molar refractivity (Wildman–Crippen MR) is 240 cm³/mol. The van der Waals surface area contributed by atoms with Crippen molar-refractivity contribution in [2.24, 2.45) is 0 Å². The maximum atomic E-state index is 13.1. The first-order valence-corrected chi connectivity index (χ1v) is 23.2. The molecule has 9 N–H and O–H groups in total. The fourth-order valence-electron chi connectivity index (χ4n) is 7.12. The van der Waals surface area contributed by atoms with Crippen LogP contribution < -0.4 is 5.32 Å². The zero-order valence-corrected chi connectivity index (χ0v) is 37.3. The molecule has 2 saturated heterocycles. The molecule has 14 heteroatoms. The van der Waals surface area contributed by atoms with Crippen molar-refractivity contribution in [1.82, 2.24) is 5.32 Å². The summed E-state index contributed by atoms with van der Waals surface area (Å²) in [6.07, 6.45) is 25.1. The van der Waals surface area contributed by atoms with Gasteiger partial charge in [-0.2, -0.15) is 0 Å². The second-order valence-electron chi connectivity index (χ2n) is 16.2. The van der Waals surface area contributed by atoms with Crippen LogP contribution in [0.3, 0.4) is 0 Å². The molecule has 2 aliphatic rings. The van der Waals surface area contributed by atoms with E-state index in [2.05, 4.69) is 92.1 Å². The van der Waals surface area contributed by atoms with E-state index in [1.807, 2.05) is 0 Å². The first kappa shape index (κ1) is 55.6. The number of ether oxygens (including phenoxy) is 4. The van der Waals surface area contributed by atoms with E-state index in [1.165, 1.54) is 12.8 Å². The van der Waals surface area contributed by atoms with Crippen LogP contribution in [0.1, 0.15) is 129 Å². The molecular weight excluding hydrogens is 799 g/mol. The van der Waals surface area contributed by atoms with Crippen LogP contribution in [0, 0.1) is 0 Å². The number of unbranched alkanes of at least 4 members (excludes halogenated alkanes) is 8. The van der Waals surface area contributed by atoms with Crippen molar-refractivity contribution in [3.05, 3.63) is 72.9 Å². The molecule has 0 bridgehead atoms. The van der Waals surface area contributed by atoms with Crippen molar-refractivity contribution in [3.63, 3.8) is 0 Å². The predicted octanol–water partition coefficient (Wildman–Crippen LogP) is 4.87. The van der Waals surface area contributed by atoms with Crippen LogP contribution in [0.25, 0.3) is 0 Å². The van der Waals surface area contributed by atoms with E-state index in [4.69, 9.17) is 18.9 Å². The van der Waals surface area contributed by atoms with Gasteiger partial charge < -0.3 is 65.1 Å². The monoisotopic (exact) mass is 880 g/mol. The Morgan fingerprint density at radius 3 is 1.68 bits per heavy atom. The Labute approximate surface area is 370 Å². The van der Waals surface area contributed by atoms with Crippen molar-refractivity contribution < 1.29 is 64.6 Å². The molecule has 1 amide bonds. The molecule has 0 aliphatic carbocycles. The molecule has 12 unspecified atom stereocenters. The summed E-state index contributed by atoms with van der Waals surface area (Å²) in [5.41, 5.74) is 0. The van der Waals surface area contributed by atoms with Gasteiger partial charge in [0.1, 0.15) is 48.8 Å². The van der Waals surface area contributed by atoms with Crippen molar-refractivity contribution in [1.29, 1.82) is 0 Å². The molecule has 356 valence electrons. The lowest BCUT2D eigenvalue weighted by Gasteiger charge is -2.46. The molecule has 0 radical (unpaired) electrons. The fraction of sp³-hybridized carbons (Fsp3) is 0.729. The summed E-state index contributed by atoms with van der Waals surface area (Å²) in [5, 5.41) is 86.4. The second-order valence-corrected chi connectivity index (χ2v) is 16.2. The van der Waals surface area contributed by atoms with Crippen LogP contribution in [-0.2, 0) is 23.7 Å². The number of aliphatic hydroxyl groups is 8. The molecule has 2 aliphatic heterocycles. The summed E-state index contributed by atoms with van der Waals surface area (Å²) >= 11 is 0. The zero-order chi connectivity index (χ0) is 45.4. The lowest BCUT2D eigenvalue weighted by molar-refractivity contribution is -0.359. The van der Waals surface area contributed by atoms with E-state index in [-0.39, 0.29) is 18.9 Å². The number of carbonyl (C=O) groups is 1. The molecular formula is C48H81NO13. The van der Waals surface area contributed by atoms with Gasteiger partial charge in [0.2, 0.25) is 5.91 Å². The lowest BCUT2D eigenvalue weighted by Crippen LogP contribution is -2.65. The van der Waals surface area contributed by atoms with E-state index in [9.17, 15) is 45.6 Å². The summed E-state index contributed by atoms with van der Waals surface area (Å²) in [5.74, 6) is -0.258. The van der Waals surface area contributed by atoms with E-state index in [0.29, 0.717) is 12.8 Å². The van der Waals surface area contributed by atoms with Crippen molar-refractivity contribution in [3.8, 4) is 0 Å². The quantitative estimate of drug-likeness (QED) is 0.0317. The second kappa shape index (κ2) is 34.8. The molecule has 0 aromatic carbocycles. The minimum Gasteiger partial charge on any atom is -0.394 e. The van der Waals surface area contributed by atoms with Crippen LogP contribution in [0.5, 0.6) is 0 Å². The molecule has 2 rings (SSSR count). The smallest absolute Gasteiger partial charge is 0.220 e. The Bertz CT molecular complexity index is 1320. The zero-order valence-electron chi connectivity index (χ0n) is 37.3. The highest BCUT2D eigenvalue weighted by Gasteiger charge is 2.51. The van der Waals surface area contributed by atoms with Crippen molar-refractivity contribution in [2.75, 3.05) is 19.8 Å². The molecule has 2 heterocycles. The van der Waals surface area contributed by atoms with Crippen LogP contribution >= 0.6 is 0 Å². The van der Waals surface area contributed by atoms with Crippen molar-refractivity contribution in [2.45, 2.75) is 203 Å². The Morgan fingerprint density at radius 2 is 1.11 bits per heavy atom. The minimum absolute atomic E-state index is 0.244. The number of hydrogen-bond donors (Lipinski definition) is 9. The highest BCUT2D eigenvalue weighted by atomic mass is 16.7. The molecule has 14 nitrogen and oxygen atoms in total. The number of allylic oxidation sites excluding steroid dienone is 12.